The van der Waals surface area contributed by atoms with Crippen LogP contribution in [0.1, 0.15) is 33.6 Å². The highest BCUT2D eigenvalue weighted by Crippen LogP contribution is 2.58. The molecule has 2 heteroatoms. The van der Waals surface area contributed by atoms with Crippen LogP contribution in [-0.2, 0) is 4.74 Å². The summed E-state index contributed by atoms with van der Waals surface area (Å²) in [6, 6.07) is 0. The Morgan fingerprint density at radius 1 is 1.38 bits per heavy atom. The van der Waals surface area contributed by atoms with E-state index < -0.39 is 5.60 Å². The molecule has 1 N–H and O–H groups in total. The van der Waals surface area contributed by atoms with Gasteiger partial charge in [-0.1, -0.05) is 19.9 Å². The van der Waals surface area contributed by atoms with Gasteiger partial charge in [0.2, 0.25) is 0 Å². The smallest absolute Gasteiger partial charge is 0.101 e. The standard InChI is InChI=1S/C14H22O2/c1-6-14(15)8-10-9(2)12(16-5)11(14)7-13(10,3)4/h6,10-11,15H,1,7-8H2,2-5H3. The monoisotopic (exact) mass is 222 g/mol. The molecule has 0 aliphatic heterocycles. The van der Waals surface area contributed by atoms with Crippen LogP contribution in [0.4, 0.5) is 0 Å². The summed E-state index contributed by atoms with van der Waals surface area (Å²) in [5.41, 5.74) is 0.798. The van der Waals surface area contributed by atoms with E-state index >= 15 is 0 Å². The van der Waals surface area contributed by atoms with Gasteiger partial charge >= 0.3 is 0 Å². The summed E-state index contributed by atoms with van der Waals surface area (Å²) < 4.78 is 5.50. The molecular weight excluding hydrogens is 200 g/mol. The first kappa shape index (κ1) is 11.7. The van der Waals surface area contributed by atoms with Gasteiger partial charge in [0.05, 0.1) is 12.7 Å². The molecule has 0 aromatic rings. The third-order valence-electron chi connectivity index (χ3n) is 4.61. The normalized spacial score (nSPS) is 41.1. The van der Waals surface area contributed by atoms with E-state index in [9.17, 15) is 5.11 Å². The van der Waals surface area contributed by atoms with E-state index in [4.69, 9.17) is 4.74 Å². The lowest BCUT2D eigenvalue weighted by molar-refractivity contribution is -0.0849. The molecule has 0 aromatic heterocycles. The van der Waals surface area contributed by atoms with E-state index in [1.54, 1.807) is 13.2 Å². The van der Waals surface area contributed by atoms with Crippen LogP contribution in [0.15, 0.2) is 24.0 Å². The van der Waals surface area contributed by atoms with Crippen molar-refractivity contribution in [1.29, 1.82) is 0 Å². The number of methoxy groups -OCH3 is 1. The van der Waals surface area contributed by atoms with Crippen LogP contribution < -0.4 is 0 Å². The van der Waals surface area contributed by atoms with Crippen LogP contribution in [0.5, 0.6) is 0 Å². The number of ether oxygens (including phenoxy) is 1. The second kappa shape index (κ2) is 3.36. The van der Waals surface area contributed by atoms with Crippen molar-refractivity contribution in [2.45, 2.75) is 39.2 Å². The van der Waals surface area contributed by atoms with E-state index in [0.717, 1.165) is 18.6 Å². The van der Waals surface area contributed by atoms with Crippen molar-refractivity contribution in [3.63, 3.8) is 0 Å². The number of aliphatic hydroxyl groups is 1. The molecule has 3 atom stereocenters. The van der Waals surface area contributed by atoms with Gasteiger partial charge in [-0.2, -0.15) is 0 Å². The highest BCUT2D eigenvalue weighted by Gasteiger charge is 2.55. The lowest BCUT2D eigenvalue weighted by Gasteiger charge is -2.55. The number of hydrogen-bond donors (Lipinski definition) is 1. The molecule has 3 rings (SSSR count). The molecule has 0 saturated heterocycles. The van der Waals surface area contributed by atoms with E-state index in [1.165, 1.54) is 5.57 Å². The van der Waals surface area contributed by atoms with Gasteiger partial charge in [-0.3, -0.25) is 0 Å². The van der Waals surface area contributed by atoms with Gasteiger partial charge in [-0.25, -0.2) is 0 Å². The third kappa shape index (κ3) is 1.36. The SMILES string of the molecule is C=CC1(O)CC2C(C)=C(OC)C1CC2(C)C. The summed E-state index contributed by atoms with van der Waals surface area (Å²) in [6.45, 7) is 10.5. The molecule has 16 heavy (non-hydrogen) atoms. The molecule has 2 nitrogen and oxygen atoms in total. The molecule has 0 amide bonds. The molecule has 90 valence electrons. The van der Waals surface area contributed by atoms with E-state index in [2.05, 4.69) is 27.4 Å². The highest BCUT2D eigenvalue weighted by atomic mass is 16.5. The Labute approximate surface area is 98.0 Å². The maximum atomic E-state index is 10.6. The Balaban J connectivity index is 2.51. The van der Waals surface area contributed by atoms with Crippen molar-refractivity contribution >= 4 is 0 Å². The minimum absolute atomic E-state index is 0.0787. The minimum Gasteiger partial charge on any atom is -0.501 e. The fourth-order valence-corrected chi connectivity index (χ4v) is 3.62. The maximum Gasteiger partial charge on any atom is 0.101 e. The Morgan fingerprint density at radius 2 is 2.00 bits per heavy atom. The van der Waals surface area contributed by atoms with Gasteiger partial charge in [-0.15, -0.1) is 6.58 Å². The van der Waals surface area contributed by atoms with Crippen LogP contribution in [-0.4, -0.2) is 17.8 Å². The van der Waals surface area contributed by atoms with Gasteiger partial charge in [0.1, 0.15) is 5.76 Å². The zero-order chi connectivity index (χ0) is 12.1. The molecular formula is C14H22O2. The summed E-state index contributed by atoms with van der Waals surface area (Å²) in [5.74, 6) is 1.46. The van der Waals surface area contributed by atoms with Gasteiger partial charge in [0.25, 0.3) is 0 Å². The topological polar surface area (TPSA) is 29.5 Å². The number of fused-ring (bicyclic) bond motifs is 2. The molecule has 0 radical (unpaired) electrons. The fraction of sp³-hybridized carbons (Fsp3) is 0.714. The summed E-state index contributed by atoms with van der Waals surface area (Å²) in [5, 5.41) is 10.6. The van der Waals surface area contributed by atoms with E-state index in [-0.39, 0.29) is 11.3 Å². The van der Waals surface area contributed by atoms with Crippen LogP contribution in [0.2, 0.25) is 0 Å². The molecule has 1 saturated carbocycles. The van der Waals surface area contributed by atoms with Gasteiger partial charge in [0.15, 0.2) is 0 Å². The molecule has 0 heterocycles. The second-order valence-corrected chi connectivity index (χ2v) is 5.95. The summed E-state index contributed by atoms with van der Waals surface area (Å²) in [7, 11) is 1.70. The lowest BCUT2D eigenvalue weighted by Crippen LogP contribution is -2.53. The maximum absolute atomic E-state index is 10.6. The zero-order valence-corrected chi connectivity index (χ0v) is 10.7. The average Bonchev–Trinajstić information content (AvgIpc) is 2.22. The van der Waals surface area contributed by atoms with Gasteiger partial charge in [0, 0.05) is 5.92 Å². The van der Waals surface area contributed by atoms with E-state index in [0.29, 0.717) is 5.92 Å². The number of allylic oxidation sites excluding steroid dienone is 1. The lowest BCUT2D eigenvalue weighted by atomic mass is 9.52. The van der Waals surface area contributed by atoms with Crippen LogP contribution in [0, 0.1) is 17.3 Å². The molecule has 3 unspecified atom stereocenters. The third-order valence-corrected chi connectivity index (χ3v) is 4.61. The fourth-order valence-electron chi connectivity index (χ4n) is 3.62. The zero-order valence-electron chi connectivity index (χ0n) is 10.7. The first-order valence-electron chi connectivity index (χ1n) is 5.96. The first-order chi connectivity index (χ1) is 7.35. The summed E-state index contributed by atoms with van der Waals surface area (Å²) in [4.78, 5) is 0. The molecule has 1 fully saturated rings. The van der Waals surface area contributed by atoms with Crippen molar-refractivity contribution in [2.24, 2.45) is 17.3 Å². The molecule has 3 aliphatic carbocycles. The molecule has 2 bridgehead atoms. The van der Waals surface area contributed by atoms with E-state index in [1.807, 2.05) is 0 Å². The number of rotatable bonds is 2. The minimum atomic E-state index is -0.773. The average molecular weight is 222 g/mol. The van der Waals surface area contributed by atoms with Crippen molar-refractivity contribution in [1.82, 2.24) is 0 Å². The second-order valence-electron chi connectivity index (χ2n) is 5.95. The summed E-state index contributed by atoms with van der Waals surface area (Å²) >= 11 is 0. The predicted octanol–water partition coefficient (Wildman–Crippen LogP) is 2.89. The van der Waals surface area contributed by atoms with Crippen molar-refractivity contribution in [2.75, 3.05) is 7.11 Å². The van der Waals surface area contributed by atoms with Gasteiger partial charge < -0.3 is 9.84 Å². The quantitative estimate of drug-likeness (QED) is 0.728. The first-order valence-corrected chi connectivity index (χ1v) is 5.96. The van der Waals surface area contributed by atoms with Crippen molar-refractivity contribution < 1.29 is 9.84 Å². The van der Waals surface area contributed by atoms with Crippen molar-refractivity contribution in [3.05, 3.63) is 24.0 Å². The van der Waals surface area contributed by atoms with Crippen LogP contribution >= 0.6 is 0 Å². The number of hydrogen-bond acceptors (Lipinski definition) is 2. The Hall–Kier alpha value is -0.760. The van der Waals surface area contributed by atoms with Crippen molar-refractivity contribution in [3.8, 4) is 0 Å². The Morgan fingerprint density at radius 3 is 2.50 bits per heavy atom. The Bertz CT molecular complexity index is 354. The molecule has 0 spiro atoms. The highest BCUT2D eigenvalue weighted by molar-refractivity contribution is 5.31. The largest absolute Gasteiger partial charge is 0.501 e. The predicted molar refractivity (Wildman–Crippen MR) is 64.9 cm³/mol. The van der Waals surface area contributed by atoms with Gasteiger partial charge in [-0.05, 0) is 36.7 Å². The van der Waals surface area contributed by atoms with Crippen LogP contribution in [0.3, 0.4) is 0 Å². The van der Waals surface area contributed by atoms with Crippen LogP contribution in [0.25, 0.3) is 0 Å². The summed E-state index contributed by atoms with van der Waals surface area (Å²) in [6.07, 6.45) is 3.46. The molecule has 3 aliphatic rings. The Kier molecular flexibility index (Phi) is 2.46. The molecule has 0 aromatic carbocycles.